The molecule has 1 aromatic rings. The Morgan fingerprint density at radius 3 is 2.94 bits per heavy atom. The Bertz CT molecular complexity index is 395. The van der Waals surface area contributed by atoms with Crippen molar-refractivity contribution in [2.75, 3.05) is 13.1 Å². The largest absolute Gasteiger partial charge is 0.330 e. The second-order valence-electron chi connectivity index (χ2n) is 4.93. The standard InChI is InChI=1S/C14H20BrFN2/c15-12-5-4-11(14(16)9-12)10-18-8-2-1-3-13(18)6-7-17/h4-5,9,13H,1-3,6-8,10,17H2. The van der Waals surface area contributed by atoms with Crippen LogP contribution in [0.3, 0.4) is 0 Å². The highest BCUT2D eigenvalue weighted by Gasteiger charge is 2.22. The van der Waals surface area contributed by atoms with Crippen LogP contribution >= 0.6 is 15.9 Å². The molecule has 0 bridgehead atoms. The number of halogens is 2. The van der Waals surface area contributed by atoms with E-state index in [1.165, 1.54) is 25.3 Å². The minimum Gasteiger partial charge on any atom is -0.330 e. The van der Waals surface area contributed by atoms with Crippen molar-refractivity contribution in [2.24, 2.45) is 5.73 Å². The lowest BCUT2D eigenvalue weighted by Crippen LogP contribution is -2.40. The van der Waals surface area contributed by atoms with Gasteiger partial charge in [0.1, 0.15) is 5.82 Å². The number of hydrogen-bond donors (Lipinski definition) is 1. The minimum atomic E-state index is -0.124. The summed E-state index contributed by atoms with van der Waals surface area (Å²) in [7, 11) is 0. The summed E-state index contributed by atoms with van der Waals surface area (Å²) in [5.74, 6) is -0.124. The van der Waals surface area contributed by atoms with E-state index in [1.807, 2.05) is 12.1 Å². The average molecular weight is 315 g/mol. The predicted molar refractivity (Wildman–Crippen MR) is 75.8 cm³/mol. The van der Waals surface area contributed by atoms with Crippen LogP contribution in [0.15, 0.2) is 22.7 Å². The summed E-state index contributed by atoms with van der Waals surface area (Å²) in [6.07, 6.45) is 4.68. The van der Waals surface area contributed by atoms with Crippen LogP contribution in [-0.2, 0) is 6.54 Å². The van der Waals surface area contributed by atoms with Gasteiger partial charge in [0.2, 0.25) is 0 Å². The van der Waals surface area contributed by atoms with E-state index < -0.39 is 0 Å². The van der Waals surface area contributed by atoms with Crippen molar-refractivity contribution in [2.45, 2.75) is 38.3 Å². The Labute approximate surface area is 116 Å². The summed E-state index contributed by atoms with van der Waals surface area (Å²) in [4.78, 5) is 2.38. The molecule has 0 aromatic heterocycles. The molecule has 0 aliphatic carbocycles. The van der Waals surface area contributed by atoms with Crippen molar-refractivity contribution in [3.8, 4) is 0 Å². The van der Waals surface area contributed by atoms with Crippen molar-refractivity contribution in [3.05, 3.63) is 34.1 Å². The van der Waals surface area contributed by atoms with Crippen LogP contribution in [0.4, 0.5) is 4.39 Å². The summed E-state index contributed by atoms with van der Waals surface area (Å²) in [5.41, 5.74) is 6.44. The van der Waals surface area contributed by atoms with Crippen LogP contribution in [0.2, 0.25) is 0 Å². The molecule has 0 amide bonds. The number of rotatable bonds is 4. The normalized spacial score (nSPS) is 21.2. The molecule has 0 spiro atoms. The van der Waals surface area contributed by atoms with Gasteiger partial charge in [-0.25, -0.2) is 4.39 Å². The van der Waals surface area contributed by atoms with Gasteiger partial charge in [0.15, 0.2) is 0 Å². The minimum absolute atomic E-state index is 0.124. The summed E-state index contributed by atoms with van der Waals surface area (Å²) in [6.45, 7) is 2.47. The van der Waals surface area contributed by atoms with E-state index in [-0.39, 0.29) is 5.82 Å². The van der Waals surface area contributed by atoms with Gasteiger partial charge in [0, 0.05) is 22.6 Å². The lowest BCUT2D eigenvalue weighted by atomic mass is 9.98. The third kappa shape index (κ3) is 3.53. The molecule has 1 heterocycles. The molecule has 1 atom stereocenters. The van der Waals surface area contributed by atoms with Crippen molar-refractivity contribution >= 4 is 15.9 Å². The molecular formula is C14H20BrFN2. The fraction of sp³-hybridized carbons (Fsp3) is 0.571. The summed E-state index contributed by atoms with van der Waals surface area (Å²) in [6, 6.07) is 5.83. The Kier molecular flexibility index (Phi) is 5.15. The molecule has 1 fully saturated rings. The van der Waals surface area contributed by atoms with Gasteiger partial charge in [-0.3, -0.25) is 4.90 Å². The van der Waals surface area contributed by atoms with Crippen molar-refractivity contribution in [3.63, 3.8) is 0 Å². The zero-order chi connectivity index (χ0) is 13.0. The van der Waals surface area contributed by atoms with Crippen LogP contribution in [-0.4, -0.2) is 24.0 Å². The third-order valence-electron chi connectivity index (χ3n) is 3.64. The Morgan fingerprint density at radius 2 is 2.22 bits per heavy atom. The van der Waals surface area contributed by atoms with E-state index in [0.717, 1.165) is 23.0 Å². The monoisotopic (exact) mass is 314 g/mol. The number of hydrogen-bond acceptors (Lipinski definition) is 2. The molecule has 1 unspecified atom stereocenters. The first-order valence-electron chi connectivity index (χ1n) is 6.58. The number of nitrogens with zero attached hydrogens (tertiary/aromatic N) is 1. The van der Waals surface area contributed by atoms with Crippen molar-refractivity contribution in [1.82, 2.24) is 4.90 Å². The summed E-state index contributed by atoms with van der Waals surface area (Å²) >= 11 is 3.29. The molecule has 2 rings (SSSR count). The topological polar surface area (TPSA) is 29.3 Å². The summed E-state index contributed by atoms with van der Waals surface area (Å²) < 4.78 is 14.6. The van der Waals surface area contributed by atoms with Gasteiger partial charge in [0.05, 0.1) is 0 Å². The van der Waals surface area contributed by atoms with Crippen LogP contribution in [0, 0.1) is 5.82 Å². The SMILES string of the molecule is NCCC1CCCCN1Cc1ccc(Br)cc1F. The Morgan fingerprint density at radius 1 is 1.39 bits per heavy atom. The quantitative estimate of drug-likeness (QED) is 0.924. The van der Waals surface area contributed by atoms with Gasteiger partial charge in [-0.1, -0.05) is 28.4 Å². The van der Waals surface area contributed by atoms with Gasteiger partial charge >= 0.3 is 0 Å². The first-order valence-corrected chi connectivity index (χ1v) is 7.38. The van der Waals surface area contributed by atoms with Crippen LogP contribution < -0.4 is 5.73 Å². The molecule has 1 aliphatic heterocycles. The van der Waals surface area contributed by atoms with Gasteiger partial charge in [0.25, 0.3) is 0 Å². The summed E-state index contributed by atoms with van der Waals surface area (Å²) in [5, 5.41) is 0. The first-order chi connectivity index (χ1) is 8.70. The number of benzene rings is 1. The molecule has 1 aromatic carbocycles. The van der Waals surface area contributed by atoms with E-state index in [4.69, 9.17) is 5.73 Å². The van der Waals surface area contributed by atoms with E-state index in [2.05, 4.69) is 20.8 Å². The fourth-order valence-corrected chi connectivity index (χ4v) is 2.99. The molecule has 2 nitrogen and oxygen atoms in total. The highest BCUT2D eigenvalue weighted by Crippen LogP contribution is 2.23. The maximum absolute atomic E-state index is 13.8. The zero-order valence-electron chi connectivity index (χ0n) is 10.5. The lowest BCUT2D eigenvalue weighted by Gasteiger charge is -2.35. The molecule has 1 aliphatic rings. The molecule has 1 saturated heterocycles. The molecule has 0 saturated carbocycles. The predicted octanol–water partition coefficient (Wildman–Crippen LogP) is 3.29. The van der Waals surface area contributed by atoms with Gasteiger partial charge in [-0.15, -0.1) is 0 Å². The zero-order valence-corrected chi connectivity index (χ0v) is 12.1. The van der Waals surface area contributed by atoms with E-state index >= 15 is 0 Å². The molecule has 0 radical (unpaired) electrons. The smallest absolute Gasteiger partial charge is 0.128 e. The third-order valence-corrected chi connectivity index (χ3v) is 4.13. The maximum atomic E-state index is 13.8. The van der Waals surface area contributed by atoms with E-state index in [1.54, 1.807) is 0 Å². The average Bonchev–Trinajstić information content (AvgIpc) is 2.35. The molecular weight excluding hydrogens is 295 g/mol. The Hall–Kier alpha value is -0.450. The second-order valence-corrected chi connectivity index (χ2v) is 5.85. The number of piperidine rings is 1. The van der Waals surface area contributed by atoms with Crippen molar-refractivity contribution in [1.29, 1.82) is 0 Å². The number of likely N-dealkylation sites (tertiary alicyclic amines) is 1. The van der Waals surface area contributed by atoms with Gasteiger partial charge in [-0.05, 0) is 44.5 Å². The van der Waals surface area contributed by atoms with Crippen LogP contribution in [0.25, 0.3) is 0 Å². The molecule has 18 heavy (non-hydrogen) atoms. The number of nitrogens with two attached hydrogens (primary N) is 1. The molecule has 2 N–H and O–H groups in total. The lowest BCUT2D eigenvalue weighted by molar-refractivity contribution is 0.132. The highest BCUT2D eigenvalue weighted by atomic mass is 79.9. The first kappa shape index (κ1) is 14.0. The van der Waals surface area contributed by atoms with Gasteiger partial charge < -0.3 is 5.73 Å². The maximum Gasteiger partial charge on any atom is 0.128 e. The molecule has 100 valence electrons. The van der Waals surface area contributed by atoms with E-state index in [9.17, 15) is 4.39 Å². The second kappa shape index (κ2) is 6.64. The Balaban J connectivity index is 2.06. The molecule has 4 heteroatoms. The van der Waals surface area contributed by atoms with Crippen LogP contribution in [0.5, 0.6) is 0 Å². The van der Waals surface area contributed by atoms with Crippen molar-refractivity contribution < 1.29 is 4.39 Å². The fourth-order valence-electron chi connectivity index (χ4n) is 2.66. The highest BCUT2D eigenvalue weighted by molar-refractivity contribution is 9.10. The van der Waals surface area contributed by atoms with E-state index in [0.29, 0.717) is 19.1 Å². The van der Waals surface area contributed by atoms with Gasteiger partial charge in [-0.2, -0.15) is 0 Å². The van der Waals surface area contributed by atoms with Crippen LogP contribution in [0.1, 0.15) is 31.2 Å².